The summed E-state index contributed by atoms with van der Waals surface area (Å²) in [5.41, 5.74) is 0.594. The van der Waals surface area contributed by atoms with Crippen molar-refractivity contribution >= 4 is 11.7 Å². The first-order valence-electron chi connectivity index (χ1n) is 7.99. The van der Waals surface area contributed by atoms with Crippen LogP contribution in [0.4, 0.5) is 10.5 Å². The molecule has 0 unspecified atom stereocenters. The van der Waals surface area contributed by atoms with E-state index in [0.717, 1.165) is 0 Å². The Morgan fingerprint density at radius 2 is 1.85 bits per heavy atom. The van der Waals surface area contributed by atoms with E-state index in [1.165, 1.54) is 7.11 Å². The molecular weight excluding hydrogens is 340 g/mol. The van der Waals surface area contributed by atoms with Crippen LogP contribution in [0.25, 0.3) is 0 Å². The fourth-order valence-electron chi connectivity index (χ4n) is 2.39. The quantitative estimate of drug-likeness (QED) is 0.738. The van der Waals surface area contributed by atoms with Gasteiger partial charge in [-0.25, -0.2) is 4.79 Å². The molecule has 2 N–H and O–H groups in total. The number of benzene rings is 2. The maximum atomic E-state index is 11.9. The first-order valence-corrected chi connectivity index (χ1v) is 7.99. The Morgan fingerprint density at radius 3 is 2.65 bits per heavy atom. The lowest BCUT2D eigenvalue weighted by molar-refractivity contribution is 0.173. The van der Waals surface area contributed by atoms with Gasteiger partial charge in [-0.05, 0) is 24.3 Å². The van der Waals surface area contributed by atoms with Crippen LogP contribution in [-0.2, 0) is 0 Å². The van der Waals surface area contributed by atoms with Crippen molar-refractivity contribution in [3.63, 3.8) is 0 Å². The minimum atomic E-state index is -0.341. The largest absolute Gasteiger partial charge is 0.493 e. The van der Waals surface area contributed by atoms with Crippen molar-refractivity contribution in [2.75, 3.05) is 39.5 Å². The van der Waals surface area contributed by atoms with E-state index in [2.05, 4.69) is 10.6 Å². The van der Waals surface area contributed by atoms with Crippen molar-refractivity contribution < 1.29 is 28.5 Å². The van der Waals surface area contributed by atoms with Crippen LogP contribution in [0.3, 0.4) is 0 Å². The molecule has 2 aromatic carbocycles. The van der Waals surface area contributed by atoms with Crippen LogP contribution >= 0.6 is 0 Å². The summed E-state index contributed by atoms with van der Waals surface area (Å²) in [4.78, 5) is 11.9. The van der Waals surface area contributed by atoms with Gasteiger partial charge in [0.2, 0.25) is 6.79 Å². The Bertz CT molecular complexity index is 780. The Morgan fingerprint density at radius 1 is 1.04 bits per heavy atom. The van der Waals surface area contributed by atoms with Crippen LogP contribution in [0, 0.1) is 0 Å². The zero-order valence-corrected chi connectivity index (χ0v) is 14.5. The normalized spacial score (nSPS) is 11.6. The van der Waals surface area contributed by atoms with Gasteiger partial charge in [-0.1, -0.05) is 0 Å². The summed E-state index contributed by atoms with van der Waals surface area (Å²) in [7, 11) is 3.09. The minimum Gasteiger partial charge on any atom is -0.493 e. The molecule has 0 saturated carbocycles. The molecular formula is C18H20N2O6. The van der Waals surface area contributed by atoms with Crippen molar-refractivity contribution in [3.05, 3.63) is 36.4 Å². The van der Waals surface area contributed by atoms with E-state index in [9.17, 15) is 4.79 Å². The lowest BCUT2D eigenvalue weighted by Gasteiger charge is -2.12. The van der Waals surface area contributed by atoms with E-state index in [-0.39, 0.29) is 12.8 Å². The van der Waals surface area contributed by atoms with Gasteiger partial charge in [-0.2, -0.15) is 0 Å². The zero-order valence-electron chi connectivity index (χ0n) is 14.5. The standard InChI is InChI=1S/C18H20N2O6/c1-22-14-5-3-12(9-16(14)23-2)20-18(21)19-7-8-24-13-4-6-15-17(10-13)26-11-25-15/h3-6,9-10H,7-8,11H2,1-2H3,(H2,19,20,21). The molecule has 0 aliphatic carbocycles. The predicted octanol–water partition coefficient (Wildman–Crippen LogP) is 2.63. The molecule has 1 heterocycles. The van der Waals surface area contributed by atoms with Crippen molar-refractivity contribution in [1.29, 1.82) is 0 Å². The highest BCUT2D eigenvalue weighted by Crippen LogP contribution is 2.35. The number of urea groups is 1. The highest BCUT2D eigenvalue weighted by atomic mass is 16.7. The van der Waals surface area contributed by atoms with E-state index in [1.807, 2.05) is 0 Å². The molecule has 0 bridgehead atoms. The van der Waals surface area contributed by atoms with Crippen LogP contribution in [0.15, 0.2) is 36.4 Å². The Labute approximate surface area is 151 Å². The monoisotopic (exact) mass is 360 g/mol. The molecule has 1 aliphatic rings. The van der Waals surface area contributed by atoms with Gasteiger partial charge in [0.15, 0.2) is 23.0 Å². The Kier molecular flexibility index (Phi) is 5.52. The number of ether oxygens (including phenoxy) is 5. The molecule has 2 amide bonds. The third kappa shape index (κ3) is 4.21. The fourth-order valence-corrected chi connectivity index (χ4v) is 2.39. The fraction of sp³-hybridized carbons (Fsp3) is 0.278. The molecule has 0 saturated heterocycles. The summed E-state index contributed by atoms with van der Waals surface area (Å²) in [5, 5.41) is 5.44. The van der Waals surface area contributed by atoms with E-state index in [4.69, 9.17) is 23.7 Å². The third-order valence-corrected chi connectivity index (χ3v) is 3.64. The number of amides is 2. The second-order valence-corrected chi connectivity index (χ2v) is 5.31. The van der Waals surface area contributed by atoms with Gasteiger partial charge >= 0.3 is 6.03 Å². The van der Waals surface area contributed by atoms with E-state index in [1.54, 1.807) is 43.5 Å². The van der Waals surface area contributed by atoms with Crippen LogP contribution in [-0.4, -0.2) is 40.2 Å². The average Bonchev–Trinajstić information content (AvgIpc) is 3.13. The molecule has 26 heavy (non-hydrogen) atoms. The summed E-state index contributed by atoms with van der Waals surface area (Å²) in [6.07, 6.45) is 0. The predicted molar refractivity (Wildman–Crippen MR) is 94.6 cm³/mol. The number of rotatable bonds is 7. The van der Waals surface area contributed by atoms with Gasteiger partial charge in [0.1, 0.15) is 12.4 Å². The molecule has 1 aliphatic heterocycles. The van der Waals surface area contributed by atoms with E-state index >= 15 is 0 Å². The van der Waals surface area contributed by atoms with Crippen LogP contribution < -0.4 is 34.3 Å². The lowest BCUT2D eigenvalue weighted by Crippen LogP contribution is -2.32. The first-order chi connectivity index (χ1) is 12.7. The van der Waals surface area contributed by atoms with E-state index < -0.39 is 0 Å². The van der Waals surface area contributed by atoms with Gasteiger partial charge in [0, 0.05) is 17.8 Å². The number of nitrogens with one attached hydrogen (secondary N) is 2. The molecule has 3 rings (SSSR count). The Balaban J connectivity index is 1.43. The highest BCUT2D eigenvalue weighted by Gasteiger charge is 2.13. The van der Waals surface area contributed by atoms with E-state index in [0.29, 0.717) is 47.6 Å². The third-order valence-electron chi connectivity index (χ3n) is 3.64. The van der Waals surface area contributed by atoms with Crippen molar-refractivity contribution in [2.24, 2.45) is 0 Å². The maximum absolute atomic E-state index is 11.9. The first kappa shape index (κ1) is 17.5. The lowest BCUT2D eigenvalue weighted by atomic mass is 10.3. The number of carbonyl (C=O) groups is 1. The van der Waals surface area contributed by atoms with Crippen molar-refractivity contribution in [1.82, 2.24) is 5.32 Å². The van der Waals surface area contributed by atoms with Crippen molar-refractivity contribution in [3.8, 4) is 28.7 Å². The second-order valence-electron chi connectivity index (χ2n) is 5.31. The summed E-state index contributed by atoms with van der Waals surface area (Å²) >= 11 is 0. The smallest absolute Gasteiger partial charge is 0.319 e. The molecule has 2 aromatic rings. The summed E-state index contributed by atoms with van der Waals surface area (Å²) < 4.78 is 26.5. The average molecular weight is 360 g/mol. The molecule has 0 radical (unpaired) electrons. The number of fused-ring (bicyclic) bond motifs is 1. The minimum absolute atomic E-state index is 0.219. The molecule has 0 spiro atoms. The van der Waals surface area contributed by atoms with Gasteiger partial charge in [0.25, 0.3) is 0 Å². The number of hydrogen-bond donors (Lipinski definition) is 2. The highest BCUT2D eigenvalue weighted by molar-refractivity contribution is 5.89. The van der Waals surface area contributed by atoms with Gasteiger partial charge in [-0.3, -0.25) is 0 Å². The van der Waals surface area contributed by atoms with Gasteiger partial charge in [0.05, 0.1) is 20.8 Å². The van der Waals surface area contributed by atoms with Crippen LogP contribution in [0.1, 0.15) is 0 Å². The van der Waals surface area contributed by atoms with Gasteiger partial charge in [-0.15, -0.1) is 0 Å². The molecule has 0 aromatic heterocycles. The second kappa shape index (κ2) is 8.19. The Hall–Kier alpha value is -3.29. The SMILES string of the molecule is COc1ccc(NC(=O)NCCOc2ccc3c(c2)OCO3)cc1OC. The van der Waals surface area contributed by atoms with Crippen molar-refractivity contribution in [2.45, 2.75) is 0 Å². The summed E-state index contributed by atoms with van der Waals surface area (Å²) in [5.74, 6) is 3.13. The zero-order chi connectivity index (χ0) is 18.4. The van der Waals surface area contributed by atoms with Crippen LogP contribution in [0.2, 0.25) is 0 Å². The number of carbonyl (C=O) groups excluding carboxylic acids is 1. The van der Waals surface area contributed by atoms with Gasteiger partial charge < -0.3 is 34.3 Å². The molecule has 138 valence electrons. The number of hydrogen-bond acceptors (Lipinski definition) is 6. The summed E-state index contributed by atoms with van der Waals surface area (Å²) in [6.45, 7) is 0.878. The summed E-state index contributed by atoms with van der Waals surface area (Å²) in [6, 6.07) is 10.1. The molecule has 8 heteroatoms. The number of anilines is 1. The molecule has 0 atom stereocenters. The topological polar surface area (TPSA) is 87.3 Å². The molecule has 0 fully saturated rings. The molecule has 8 nitrogen and oxygen atoms in total. The number of methoxy groups -OCH3 is 2. The maximum Gasteiger partial charge on any atom is 0.319 e. The van der Waals surface area contributed by atoms with Crippen LogP contribution in [0.5, 0.6) is 28.7 Å².